The first-order chi connectivity index (χ1) is 11.9. The topological polar surface area (TPSA) is 50.1 Å². The Morgan fingerprint density at radius 3 is 2.72 bits per heavy atom. The highest BCUT2D eigenvalue weighted by molar-refractivity contribution is 5.36. The van der Waals surface area contributed by atoms with E-state index in [4.69, 9.17) is 0 Å². The summed E-state index contributed by atoms with van der Waals surface area (Å²) >= 11 is 0. The SMILES string of the molecule is CCN1CCN(Cc2nnnn2-c2cccc(C(F)(F)F)c2)[C@H](C)C1. The second-order valence-electron chi connectivity index (χ2n) is 6.27. The Bertz CT molecular complexity index is 714. The van der Waals surface area contributed by atoms with Crippen molar-refractivity contribution >= 4 is 0 Å². The zero-order chi connectivity index (χ0) is 18.0. The predicted molar refractivity (Wildman–Crippen MR) is 86.1 cm³/mol. The molecule has 0 saturated carbocycles. The molecule has 0 aliphatic carbocycles. The third-order valence-corrected chi connectivity index (χ3v) is 4.59. The van der Waals surface area contributed by atoms with E-state index in [1.54, 1.807) is 6.07 Å². The van der Waals surface area contributed by atoms with Gasteiger partial charge in [-0.2, -0.15) is 17.9 Å². The van der Waals surface area contributed by atoms with Gasteiger partial charge in [-0.15, -0.1) is 5.10 Å². The number of piperazine rings is 1. The van der Waals surface area contributed by atoms with E-state index in [-0.39, 0.29) is 0 Å². The van der Waals surface area contributed by atoms with E-state index in [9.17, 15) is 13.2 Å². The van der Waals surface area contributed by atoms with Gasteiger partial charge in [0.1, 0.15) is 0 Å². The lowest BCUT2D eigenvalue weighted by Gasteiger charge is -2.39. The van der Waals surface area contributed by atoms with Crippen molar-refractivity contribution in [3.8, 4) is 5.69 Å². The fourth-order valence-electron chi connectivity index (χ4n) is 3.09. The Morgan fingerprint density at radius 2 is 2.04 bits per heavy atom. The van der Waals surface area contributed by atoms with Crippen LogP contribution in [0.5, 0.6) is 0 Å². The molecule has 1 fully saturated rings. The highest BCUT2D eigenvalue weighted by Gasteiger charge is 2.31. The van der Waals surface area contributed by atoms with Crippen molar-refractivity contribution in [1.29, 1.82) is 0 Å². The molecule has 1 aliphatic rings. The smallest absolute Gasteiger partial charge is 0.301 e. The summed E-state index contributed by atoms with van der Waals surface area (Å²) in [5.74, 6) is 0.538. The van der Waals surface area contributed by atoms with Crippen LogP contribution in [0.4, 0.5) is 13.2 Å². The van der Waals surface area contributed by atoms with E-state index >= 15 is 0 Å². The Balaban J connectivity index is 1.80. The van der Waals surface area contributed by atoms with Gasteiger partial charge in [-0.1, -0.05) is 13.0 Å². The normalized spacial score (nSPS) is 20.1. The van der Waals surface area contributed by atoms with Crippen molar-refractivity contribution in [3.05, 3.63) is 35.7 Å². The van der Waals surface area contributed by atoms with Gasteiger partial charge in [-0.05, 0) is 42.1 Å². The molecule has 1 aliphatic heterocycles. The number of aromatic nitrogens is 4. The molecule has 2 heterocycles. The summed E-state index contributed by atoms with van der Waals surface area (Å²) in [6.07, 6.45) is -4.39. The summed E-state index contributed by atoms with van der Waals surface area (Å²) in [6.45, 7) is 8.59. The van der Waals surface area contributed by atoms with Gasteiger partial charge in [0.05, 0.1) is 17.8 Å². The van der Waals surface area contributed by atoms with E-state index in [2.05, 4.69) is 39.2 Å². The van der Waals surface area contributed by atoms with Gasteiger partial charge in [0, 0.05) is 25.7 Å². The third-order valence-electron chi connectivity index (χ3n) is 4.59. The average Bonchev–Trinajstić information content (AvgIpc) is 3.04. The highest BCUT2D eigenvalue weighted by Crippen LogP contribution is 2.30. The first-order valence-corrected chi connectivity index (χ1v) is 8.29. The molecule has 3 rings (SSSR count). The lowest BCUT2D eigenvalue weighted by atomic mass is 10.2. The number of halogens is 3. The molecule has 1 saturated heterocycles. The molecule has 25 heavy (non-hydrogen) atoms. The molecule has 0 bridgehead atoms. The Hall–Kier alpha value is -2.00. The Morgan fingerprint density at radius 1 is 1.24 bits per heavy atom. The molecule has 6 nitrogen and oxygen atoms in total. The molecule has 136 valence electrons. The maximum absolute atomic E-state index is 12.9. The number of rotatable bonds is 4. The molecule has 1 atom stereocenters. The van der Waals surface area contributed by atoms with Crippen molar-refractivity contribution in [2.75, 3.05) is 26.2 Å². The minimum Gasteiger partial charge on any atom is -0.301 e. The summed E-state index contributed by atoms with van der Waals surface area (Å²) in [5.41, 5.74) is -0.397. The van der Waals surface area contributed by atoms with Crippen LogP contribution in [-0.4, -0.2) is 62.2 Å². The summed E-state index contributed by atoms with van der Waals surface area (Å²) in [6, 6.07) is 5.39. The zero-order valence-electron chi connectivity index (χ0n) is 14.2. The van der Waals surface area contributed by atoms with Crippen LogP contribution in [-0.2, 0) is 12.7 Å². The lowest BCUT2D eigenvalue weighted by molar-refractivity contribution is -0.137. The first-order valence-electron chi connectivity index (χ1n) is 8.29. The second-order valence-corrected chi connectivity index (χ2v) is 6.27. The van der Waals surface area contributed by atoms with Crippen LogP contribution < -0.4 is 0 Å². The molecule has 0 N–H and O–H groups in total. The second kappa shape index (κ2) is 7.09. The number of hydrogen-bond acceptors (Lipinski definition) is 5. The van der Waals surface area contributed by atoms with Crippen LogP contribution in [0.2, 0.25) is 0 Å². The summed E-state index contributed by atoms with van der Waals surface area (Å²) in [4.78, 5) is 4.62. The minimum atomic E-state index is -4.39. The van der Waals surface area contributed by atoms with E-state index in [0.29, 0.717) is 24.1 Å². The number of alkyl halides is 3. The van der Waals surface area contributed by atoms with Crippen LogP contribution in [0, 0.1) is 0 Å². The first kappa shape index (κ1) is 17.8. The van der Waals surface area contributed by atoms with Crippen LogP contribution in [0.25, 0.3) is 5.69 Å². The van der Waals surface area contributed by atoms with Crippen molar-refractivity contribution < 1.29 is 13.2 Å². The van der Waals surface area contributed by atoms with Crippen molar-refractivity contribution in [2.24, 2.45) is 0 Å². The van der Waals surface area contributed by atoms with Crippen LogP contribution in [0.1, 0.15) is 25.2 Å². The summed E-state index contributed by atoms with van der Waals surface area (Å²) in [5, 5.41) is 11.6. The molecule has 2 aromatic rings. The lowest BCUT2D eigenvalue weighted by Crippen LogP contribution is -2.51. The third kappa shape index (κ3) is 3.98. The van der Waals surface area contributed by atoms with Crippen molar-refractivity contribution in [1.82, 2.24) is 30.0 Å². The van der Waals surface area contributed by atoms with Crippen molar-refractivity contribution in [3.63, 3.8) is 0 Å². The van der Waals surface area contributed by atoms with Crippen LogP contribution >= 0.6 is 0 Å². The van der Waals surface area contributed by atoms with Gasteiger partial charge in [0.25, 0.3) is 0 Å². The maximum Gasteiger partial charge on any atom is 0.416 e. The van der Waals surface area contributed by atoms with E-state index in [1.165, 1.54) is 10.7 Å². The number of likely N-dealkylation sites (N-methyl/N-ethyl adjacent to an activating group) is 1. The minimum absolute atomic E-state index is 0.315. The fourth-order valence-corrected chi connectivity index (χ4v) is 3.09. The fraction of sp³-hybridized carbons (Fsp3) is 0.562. The van der Waals surface area contributed by atoms with E-state index < -0.39 is 11.7 Å². The molecule has 0 amide bonds. The van der Waals surface area contributed by atoms with Gasteiger partial charge in [0.15, 0.2) is 5.82 Å². The quantitative estimate of drug-likeness (QED) is 0.843. The van der Waals surface area contributed by atoms with E-state index in [1.807, 2.05) is 0 Å². The predicted octanol–water partition coefficient (Wildman–Crippen LogP) is 2.21. The zero-order valence-corrected chi connectivity index (χ0v) is 14.2. The number of benzene rings is 1. The molecule has 0 unspecified atom stereocenters. The standard InChI is InChI=1S/C16H21F3N6/c1-3-23-7-8-24(12(2)10-23)11-15-20-21-22-25(15)14-6-4-5-13(9-14)16(17,18)19/h4-6,9,12H,3,7-8,10-11H2,1-2H3/t12-/m1/s1. The van der Waals surface area contributed by atoms with Gasteiger partial charge >= 0.3 is 6.18 Å². The summed E-state index contributed by atoms with van der Waals surface area (Å²) in [7, 11) is 0. The van der Waals surface area contributed by atoms with E-state index in [0.717, 1.165) is 38.3 Å². The average molecular weight is 354 g/mol. The van der Waals surface area contributed by atoms with Crippen LogP contribution in [0.3, 0.4) is 0 Å². The molecule has 0 radical (unpaired) electrons. The molecule has 9 heteroatoms. The maximum atomic E-state index is 12.9. The monoisotopic (exact) mass is 354 g/mol. The molecule has 0 spiro atoms. The van der Waals surface area contributed by atoms with Gasteiger partial charge in [-0.3, -0.25) is 4.90 Å². The van der Waals surface area contributed by atoms with Crippen molar-refractivity contribution in [2.45, 2.75) is 32.6 Å². The van der Waals surface area contributed by atoms with Gasteiger partial charge in [-0.25, -0.2) is 0 Å². The summed E-state index contributed by atoms with van der Waals surface area (Å²) < 4.78 is 40.2. The Labute approximate surface area is 144 Å². The van der Waals surface area contributed by atoms with Gasteiger partial charge in [0.2, 0.25) is 0 Å². The molecular weight excluding hydrogens is 333 g/mol. The molecule has 1 aromatic carbocycles. The largest absolute Gasteiger partial charge is 0.416 e. The number of hydrogen-bond donors (Lipinski definition) is 0. The van der Waals surface area contributed by atoms with Gasteiger partial charge < -0.3 is 4.90 Å². The van der Waals surface area contributed by atoms with Crippen LogP contribution in [0.15, 0.2) is 24.3 Å². The molecule has 1 aromatic heterocycles. The highest BCUT2D eigenvalue weighted by atomic mass is 19.4. The number of nitrogens with zero attached hydrogens (tertiary/aromatic N) is 6. The number of tetrazole rings is 1. The Kier molecular flexibility index (Phi) is 5.05. The molecular formula is C16H21F3N6.